The predicted molar refractivity (Wildman–Crippen MR) is 135 cm³/mol. The minimum absolute atomic E-state index is 0.297. The summed E-state index contributed by atoms with van der Waals surface area (Å²) in [7, 11) is 0. The SMILES string of the molecule is CCn1cc(-c2ccnc(Nc3ccc(OC4CC5CCC(C4)N5)cc3)n2)c(-c2cccnc2)n1. The predicted octanol–water partition coefficient (Wildman–Crippen LogP) is 4.83. The lowest BCUT2D eigenvalue weighted by Gasteiger charge is -2.29. The Morgan fingerprint density at radius 2 is 1.89 bits per heavy atom. The monoisotopic (exact) mass is 467 g/mol. The summed E-state index contributed by atoms with van der Waals surface area (Å²) in [5.41, 5.74) is 4.49. The second-order valence-electron chi connectivity index (χ2n) is 9.25. The van der Waals surface area contributed by atoms with Gasteiger partial charge in [-0.2, -0.15) is 5.10 Å². The van der Waals surface area contributed by atoms with Crippen LogP contribution in [0.4, 0.5) is 11.6 Å². The first-order chi connectivity index (χ1) is 17.2. The number of aromatic nitrogens is 5. The third-order valence-electron chi connectivity index (χ3n) is 6.80. The van der Waals surface area contributed by atoms with Gasteiger partial charge in [-0.25, -0.2) is 9.97 Å². The van der Waals surface area contributed by atoms with Crippen molar-refractivity contribution in [3.8, 4) is 28.3 Å². The molecule has 5 heterocycles. The third-order valence-corrected chi connectivity index (χ3v) is 6.80. The fourth-order valence-corrected chi connectivity index (χ4v) is 5.10. The van der Waals surface area contributed by atoms with Gasteiger partial charge in [0.15, 0.2) is 0 Å². The number of piperidine rings is 1. The zero-order chi connectivity index (χ0) is 23.6. The standard InChI is InChI=1S/C27H29N7O/c1-2-34-17-24(26(33-34)18-4-3-12-28-16-18)25-11-13-29-27(32-25)31-19-7-9-22(10-8-19)35-23-14-20-5-6-21(15-23)30-20/h3-4,7-13,16-17,20-21,23,30H,2,5-6,14-15H2,1H3,(H,29,31,32). The molecule has 6 rings (SSSR count). The molecule has 2 N–H and O–H groups in total. The number of hydrogen-bond acceptors (Lipinski definition) is 7. The molecule has 2 atom stereocenters. The van der Waals surface area contributed by atoms with Crippen LogP contribution in [0.25, 0.3) is 22.5 Å². The van der Waals surface area contributed by atoms with E-state index in [1.54, 1.807) is 12.4 Å². The van der Waals surface area contributed by atoms with Gasteiger partial charge in [0.25, 0.3) is 0 Å². The summed E-state index contributed by atoms with van der Waals surface area (Å²) >= 11 is 0. The topological polar surface area (TPSA) is 89.8 Å². The molecule has 2 fully saturated rings. The first-order valence-electron chi connectivity index (χ1n) is 12.3. The Balaban J connectivity index is 1.18. The van der Waals surface area contributed by atoms with Gasteiger partial charge in [0.2, 0.25) is 5.95 Å². The van der Waals surface area contributed by atoms with E-state index < -0.39 is 0 Å². The maximum atomic E-state index is 6.27. The number of ether oxygens (including phenoxy) is 1. The molecule has 0 radical (unpaired) electrons. The molecule has 8 nitrogen and oxygen atoms in total. The van der Waals surface area contributed by atoms with Crippen molar-refractivity contribution in [2.45, 2.75) is 57.3 Å². The maximum absolute atomic E-state index is 6.27. The Hall–Kier alpha value is -3.78. The summed E-state index contributed by atoms with van der Waals surface area (Å²) in [6.45, 7) is 2.84. The minimum atomic E-state index is 0.297. The van der Waals surface area contributed by atoms with Gasteiger partial charge in [-0.3, -0.25) is 9.67 Å². The number of hydrogen-bond donors (Lipinski definition) is 2. The van der Waals surface area contributed by atoms with Crippen LogP contribution in [0.5, 0.6) is 5.75 Å². The molecule has 2 aliphatic heterocycles. The van der Waals surface area contributed by atoms with Crippen LogP contribution < -0.4 is 15.4 Å². The lowest BCUT2D eigenvalue weighted by molar-refractivity contribution is 0.137. The van der Waals surface area contributed by atoms with Crippen LogP contribution in [-0.2, 0) is 6.54 Å². The van der Waals surface area contributed by atoms with Crippen molar-refractivity contribution in [3.05, 3.63) is 67.3 Å². The lowest BCUT2D eigenvalue weighted by atomic mass is 10.0. The van der Waals surface area contributed by atoms with Gasteiger partial charge in [-0.05, 0) is 75.1 Å². The molecule has 35 heavy (non-hydrogen) atoms. The molecular weight excluding hydrogens is 438 g/mol. The molecule has 0 amide bonds. The van der Waals surface area contributed by atoms with Crippen LogP contribution >= 0.6 is 0 Å². The number of aryl methyl sites for hydroxylation is 1. The van der Waals surface area contributed by atoms with Gasteiger partial charge in [0, 0.05) is 60.2 Å². The Labute approximate surface area is 204 Å². The molecule has 3 aromatic heterocycles. The first-order valence-corrected chi connectivity index (χ1v) is 12.3. The van der Waals surface area contributed by atoms with Gasteiger partial charge in [0.1, 0.15) is 17.5 Å². The van der Waals surface area contributed by atoms with E-state index in [2.05, 4.69) is 27.5 Å². The maximum Gasteiger partial charge on any atom is 0.227 e. The molecule has 4 aromatic rings. The van der Waals surface area contributed by atoms with Crippen LogP contribution in [0.15, 0.2) is 67.3 Å². The van der Waals surface area contributed by atoms with E-state index in [0.29, 0.717) is 24.1 Å². The molecule has 0 aliphatic carbocycles. The summed E-state index contributed by atoms with van der Waals surface area (Å²) in [6, 6.07) is 15.1. The van der Waals surface area contributed by atoms with Crippen LogP contribution in [0.3, 0.4) is 0 Å². The lowest BCUT2D eigenvalue weighted by Crippen LogP contribution is -2.42. The summed E-state index contributed by atoms with van der Waals surface area (Å²) < 4.78 is 8.19. The van der Waals surface area contributed by atoms with Crippen molar-refractivity contribution in [1.82, 2.24) is 30.0 Å². The van der Waals surface area contributed by atoms with Crippen LogP contribution in [0, 0.1) is 0 Å². The van der Waals surface area contributed by atoms with Crippen molar-refractivity contribution < 1.29 is 4.74 Å². The molecule has 2 aliphatic rings. The first kappa shape index (κ1) is 21.7. The van der Waals surface area contributed by atoms with E-state index in [0.717, 1.165) is 53.3 Å². The molecule has 2 unspecified atom stereocenters. The van der Waals surface area contributed by atoms with Crippen molar-refractivity contribution in [3.63, 3.8) is 0 Å². The number of benzene rings is 1. The molecule has 178 valence electrons. The third kappa shape index (κ3) is 4.74. The summed E-state index contributed by atoms with van der Waals surface area (Å²) in [6.07, 6.45) is 12.4. The van der Waals surface area contributed by atoms with E-state index in [4.69, 9.17) is 14.8 Å². The van der Waals surface area contributed by atoms with E-state index in [-0.39, 0.29) is 0 Å². The number of anilines is 2. The average molecular weight is 468 g/mol. The molecule has 1 aromatic carbocycles. The molecule has 8 heteroatoms. The minimum Gasteiger partial charge on any atom is -0.490 e. The summed E-state index contributed by atoms with van der Waals surface area (Å²) in [5, 5.41) is 11.7. The number of fused-ring (bicyclic) bond motifs is 2. The number of nitrogens with one attached hydrogen (secondary N) is 2. The Kier molecular flexibility index (Phi) is 5.88. The van der Waals surface area contributed by atoms with Gasteiger partial charge in [-0.15, -0.1) is 0 Å². The van der Waals surface area contributed by atoms with Crippen LogP contribution in [0.2, 0.25) is 0 Å². The number of rotatable bonds is 7. The molecule has 2 bridgehead atoms. The summed E-state index contributed by atoms with van der Waals surface area (Å²) in [5.74, 6) is 1.44. The van der Waals surface area contributed by atoms with Crippen LogP contribution in [0.1, 0.15) is 32.6 Å². The quantitative estimate of drug-likeness (QED) is 0.402. The van der Waals surface area contributed by atoms with Crippen molar-refractivity contribution in [2.75, 3.05) is 5.32 Å². The van der Waals surface area contributed by atoms with Gasteiger partial charge in [-0.1, -0.05) is 0 Å². The number of pyridine rings is 1. The smallest absolute Gasteiger partial charge is 0.227 e. The van der Waals surface area contributed by atoms with Crippen molar-refractivity contribution >= 4 is 11.6 Å². The highest BCUT2D eigenvalue weighted by molar-refractivity contribution is 5.78. The fourth-order valence-electron chi connectivity index (χ4n) is 5.10. The van der Waals surface area contributed by atoms with Gasteiger partial charge in [0.05, 0.1) is 5.69 Å². The second kappa shape index (κ2) is 9.46. The average Bonchev–Trinajstić information content (AvgIpc) is 3.49. The zero-order valence-corrected chi connectivity index (χ0v) is 19.8. The highest BCUT2D eigenvalue weighted by atomic mass is 16.5. The van der Waals surface area contributed by atoms with Gasteiger partial charge < -0.3 is 15.4 Å². The summed E-state index contributed by atoms with van der Waals surface area (Å²) in [4.78, 5) is 13.5. The number of nitrogens with zero attached hydrogens (tertiary/aromatic N) is 5. The Bertz CT molecular complexity index is 1280. The van der Waals surface area contributed by atoms with E-state index in [1.165, 1.54) is 12.8 Å². The Morgan fingerprint density at radius 3 is 2.63 bits per heavy atom. The van der Waals surface area contributed by atoms with E-state index in [1.807, 2.05) is 59.5 Å². The van der Waals surface area contributed by atoms with E-state index >= 15 is 0 Å². The van der Waals surface area contributed by atoms with Crippen LogP contribution in [-0.4, -0.2) is 42.9 Å². The highest BCUT2D eigenvalue weighted by Crippen LogP contribution is 2.31. The Morgan fingerprint density at radius 1 is 1.06 bits per heavy atom. The van der Waals surface area contributed by atoms with Crippen molar-refractivity contribution in [1.29, 1.82) is 0 Å². The molecule has 2 saturated heterocycles. The highest BCUT2D eigenvalue weighted by Gasteiger charge is 2.34. The van der Waals surface area contributed by atoms with E-state index in [9.17, 15) is 0 Å². The molecular formula is C27H29N7O. The van der Waals surface area contributed by atoms with Gasteiger partial charge >= 0.3 is 0 Å². The second-order valence-corrected chi connectivity index (χ2v) is 9.25. The zero-order valence-electron chi connectivity index (χ0n) is 19.8. The van der Waals surface area contributed by atoms with Crippen molar-refractivity contribution in [2.24, 2.45) is 0 Å². The largest absolute Gasteiger partial charge is 0.490 e. The molecule has 0 saturated carbocycles. The fraction of sp³-hybridized carbons (Fsp3) is 0.333. The normalized spacial score (nSPS) is 21.1. The molecule has 0 spiro atoms.